The van der Waals surface area contributed by atoms with Gasteiger partial charge >= 0.3 is 0 Å². The fourth-order valence-corrected chi connectivity index (χ4v) is 5.07. The van der Waals surface area contributed by atoms with Crippen LogP contribution in [-0.4, -0.2) is 47.9 Å². The van der Waals surface area contributed by atoms with Gasteiger partial charge in [-0.2, -0.15) is 0 Å². The smallest absolute Gasteiger partial charge is 0.258 e. The Morgan fingerprint density at radius 3 is 2.45 bits per heavy atom. The highest BCUT2D eigenvalue weighted by Crippen LogP contribution is 2.37. The van der Waals surface area contributed by atoms with E-state index in [1.54, 1.807) is 16.9 Å². The first-order valence-electron chi connectivity index (χ1n) is 13.2. The molecular weight excluding hydrogens is 478 g/mol. The van der Waals surface area contributed by atoms with Crippen molar-refractivity contribution in [3.63, 3.8) is 0 Å². The SMILES string of the molecule is CC[C@H](C(=O)NC(C)(C)C)N(Cc1cccc(OC)c1)C(=O)CCCN1C(=O)c2cccc3cccc1c23. The van der Waals surface area contributed by atoms with Crippen LogP contribution >= 0.6 is 0 Å². The summed E-state index contributed by atoms with van der Waals surface area (Å²) >= 11 is 0. The first-order valence-corrected chi connectivity index (χ1v) is 13.2. The monoisotopic (exact) mass is 515 g/mol. The maximum absolute atomic E-state index is 13.6. The Hall–Kier alpha value is -3.87. The van der Waals surface area contributed by atoms with E-state index in [1.807, 2.05) is 88.4 Å². The number of rotatable bonds is 10. The molecule has 0 unspecified atom stereocenters. The maximum Gasteiger partial charge on any atom is 0.258 e. The van der Waals surface area contributed by atoms with E-state index in [0.29, 0.717) is 37.2 Å². The van der Waals surface area contributed by atoms with Crippen molar-refractivity contribution in [2.75, 3.05) is 18.6 Å². The number of nitrogens with zero attached hydrogens (tertiary/aromatic N) is 2. The number of methoxy groups -OCH3 is 1. The number of amides is 3. The topological polar surface area (TPSA) is 79.0 Å². The Labute approximate surface area is 224 Å². The number of carbonyl (C=O) groups excluding carboxylic acids is 3. The summed E-state index contributed by atoms with van der Waals surface area (Å²) in [5, 5.41) is 5.03. The normalized spacial score (nSPS) is 13.5. The largest absolute Gasteiger partial charge is 0.497 e. The van der Waals surface area contributed by atoms with Crippen molar-refractivity contribution >= 4 is 34.2 Å². The lowest BCUT2D eigenvalue weighted by molar-refractivity contribution is -0.142. The molecule has 7 nitrogen and oxygen atoms in total. The van der Waals surface area contributed by atoms with E-state index in [2.05, 4.69) is 5.32 Å². The Morgan fingerprint density at radius 1 is 1.05 bits per heavy atom. The molecule has 3 aromatic rings. The molecule has 4 rings (SSSR count). The zero-order valence-corrected chi connectivity index (χ0v) is 22.9. The van der Waals surface area contributed by atoms with E-state index in [0.717, 1.165) is 22.0 Å². The molecule has 0 radical (unpaired) electrons. The van der Waals surface area contributed by atoms with Gasteiger partial charge in [-0.3, -0.25) is 14.4 Å². The third-order valence-corrected chi connectivity index (χ3v) is 6.79. The molecule has 3 aromatic carbocycles. The summed E-state index contributed by atoms with van der Waals surface area (Å²) in [6.07, 6.45) is 1.19. The zero-order valence-electron chi connectivity index (χ0n) is 22.9. The molecule has 0 aliphatic carbocycles. The number of anilines is 1. The van der Waals surface area contributed by atoms with Gasteiger partial charge in [0.25, 0.3) is 5.91 Å². The summed E-state index contributed by atoms with van der Waals surface area (Å²) in [6.45, 7) is 8.42. The highest BCUT2D eigenvalue weighted by Gasteiger charge is 2.32. The molecule has 1 aliphatic rings. The standard InChI is InChI=1S/C31H37N3O4/c1-6-25(29(36)32-31(2,3)4)34(20-21-11-7-14-23(19-21)38-5)27(35)17-10-18-33-26-16-9-13-22-12-8-15-24(28(22)26)30(33)37/h7-9,11-16,19,25H,6,10,17-18,20H2,1-5H3,(H,32,36)/t25-/m1/s1. The van der Waals surface area contributed by atoms with Gasteiger partial charge in [-0.05, 0) is 68.8 Å². The molecule has 1 N–H and O–H groups in total. The van der Waals surface area contributed by atoms with Crippen molar-refractivity contribution in [3.05, 3.63) is 71.8 Å². The molecule has 7 heteroatoms. The van der Waals surface area contributed by atoms with Crippen LogP contribution in [0, 0.1) is 0 Å². The molecule has 1 aliphatic heterocycles. The van der Waals surface area contributed by atoms with Crippen molar-refractivity contribution in [1.82, 2.24) is 10.2 Å². The van der Waals surface area contributed by atoms with Crippen molar-refractivity contribution in [3.8, 4) is 5.75 Å². The van der Waals surface area contributed by atoms with Crippen LogP contribution in [0.1, 0.15) is 62.9 Å². The van der Waals surface area contributed by atoms with Crippen molar-refractivity contribution in [1.29, 1.82) is 0 Å². The number of hydrogen-bond donors (Lipinski definition) is 1. The molecule has 1 heterocycles. The minimum atomic E-state index is -0.612. The van der Waals surface area contributed by atoms with E-state index >= 15 is 0 Å². The summed E-state index contributed by atoms with van der Waals surface area (Å²) in [5.74, 6) is 0.371. The van der Waals surface area contributed by atoms with Crippen LogP contribution in [0.3, 0.4) is 0 Å². The van der Waals surface area contributed by atoms with Crippen LogP contribution < -0.4 is 15.0 Å². The second-order valence-corrected chi connectivity index (χ2v) is 10.8. The van der Waals surface area contributed by atoms with Gasteiger partial charge in [0.1, 0.15) is 11.8 Å². The maximum atomic E-state index is 13.6. The predicted octanol–water partition coefficient (Wildman–Crippen LogP) is 5.31. The quantitative estimate of drug-likeness (QED) is 0.397. The minimum absolute atomic E-state index is 0.0338. The second-order valence-electron chi connectivity index (χ2n) is 10.8. The molecule has 0 spiro atoms. The van der Waals surface area contributed by atoms with Crippen LogP contribution in [-0.2, 0) is 16.1 Å². The van der Waals surface area contributed by atoms with E-state index in [1.165, 1.54) is 0 Å². The van der Waals surface area contributed by atoms with Gasteiger partial charge in [-0.15, -0.1) is 0 Å². The Kier molecular flexibility index (Phi) is 8.05. The number of ether oxygens (including phenoxy) is 1. The van der Waals surface area contributed by atoms with Gasteiger partial charge in [-0.25, -0.2) is 0 Å². The average molecular weight is 516 g/mol. The molecule has 0 bridgehead atoms. The molecule has 0 fully saturated rings. The summed E-state index contributed by atoms with van der Waals surface area (Å²) in [5.41, 5.74) is 2.06. The zero-order chi connectivity index (χ0) is 27.4. The van der Waals surface area contributed by atoms with E-state index in [-0.39, 0.29) is 24.1 Å². The number of carbonyl (C=O) groups is 3. The van der Waals surface area contributed by atoms with Crippen LogP contribution in [0.25, 0.3) is 10.8 Å². The molecule has 0 saturated carbocycles. The molecule has 1 atom stereocenters. The lowest BCUT2D eigenvalue weighted by Crippen LogP contribution is -2.53. The molecule has 200 valence electrons. The fourth-order valence-electron chi connectivity index (χ4n) is 5.07. The van der Waals surface area contributed by atoms with Crippen molar-refractivity contribution in [2.45, 2.75) is 65.1 Å². The van der Waals surface area contributed by atoms with Crippen LogP contribution in [0.4, 0.5) is 5.69 Å². The summed E-state index contributed by atoms with van der Waals surface area (Å²) in [7, 11) is 1.60. The molecule has 38 heavy (non-hydrogen) atoms. The van der Waals surface area contributed by atoms with E-state index < -0.39 is 11.6 Å². The Balaban J connectivity index is 1.51. The Bertz CT molecular complexity index is 1340. The van der Waals surface area contributed by atoms with Gasteiger partial charge in [0.15, 0.2) is 0 Å². The van der Waals surface area contributed by atoms with Gasteiger partial charge in [-0.1, -0.05) is 43.3 Å². The highest BCUT2D eigenvalue weighted by atomic mass is 16.5. The fraction of sp³-hybridized carbons (Fsp3) is 0.387. The number of hydrogen-bond acceptors (Lipinski definition) is 4. The average Bonchev–Trinajstić information content (AvgIpc) is 3.15. The van der Waals surface area contributed by atoms with Gasteiger partial charge in [0, 0.05) is 36.0 Å². The second kappa shape index (κ2) is 11.3. The van der Waals surface area contributed by atoms with Crippen LogP contribution in [0.5, 0.6) is 5.75 Å². The lowest BCUT2D eigenvalue weighted by Gasteiger charge is -2.33. The first kappa shape index (κ1) is 27.2. The summed E-state index contributed by atoms with van der Waals surface area (Å²) < 4.78 is 5.36. The molecule has 3 amide bonds. The summed E-state index contributed by atoms with van der Waals surface area (Å²) in [6, 6.07) is 18.6. The minimum Gasteiger partial charge on any atom is -0.497 e. The molecule has 0 aromatic heterocycles. The van der Waals surface area contributed by atoms with Crippen molar-refractivity contribution < 1.29 is 19.1 Å². The van der Waals surface area contributed by atoms with Gasteiger partial charge in [0.05, 0.1) is 12.8 Å². The molecular formula is C31H37N3O4. The summed E-state index contributed by atoms with van der Waals surface area (Å²) in [4.78, 5) is 43.4. The number of benzene rings is 3. The predicted molar refractivity (Wildman–Crippen MR) is 150 cm³/mol. The highest BCUT2D eigenvalue weighted by molar-refractivity contribution is 6.25. The van der Waals surface area contributed by atoms with Crippen molar-refractivity contribution in [2.24, 2.45) is 0 Å². The third-order valence-electron chi connectivity index (χ3n) is 6.79. The van der Waals surface area contributed by atoms with E-state index in [9.17, 15) is 14.4 Å². The first-order chi connectivity index (χ1) is 18.1. The lowest BCUT2D eigenvalue weighted by atomic mass is 10.0. The molecule has 0 saturated heterocycles. The van der Waals surface area contributed by atoms with Crippen LogP contribution in [0.2, 0.25) is 0 Å². The number of nitrogens with one attached hydrogen (secondary N) is 1. The van der Waals surface area contributed by atoms with Crippen LogP contribution in [0.15, 0.2) is 60.7 Å². The van der Waals surface area contributed by atoms with Gasteiger partial charge < -0.3 is 19.9 Å². The van der Waals surface area contributed by atoms with Gasteiger partial charge in [0.2, 0.25) is 11.8 Å². The van der Waals surface area contributed by atoms with E-state index in [4.69, 9.17) is 4.74 Å². The Morgan fingerprint density at radius 2 is 1.76 bits per heavy atom. The third kappa shape index (κ3) is 5.82.